The fraction of sp³-hybridized carbons (Fsp3) is 0.286. The minimum Gasteiger partial charge on any atom is -0.406 e. The molecule has 2 aromatic carbocycles. The van der Waals surface area contributed by atoms with Gasteiger partial charge in [-0.3, -0.25) is 4.79 Å². The van der Waals surface area contributed by atoms with E-state index in [2.05, 4.69) is 20.4 Å². The highest BCUT2D eigenvalue weighted by Gasteiger charge is 2.31. The average molecular weight is 437 g/mol. The van der Waals surface area contributed by atoms with Gasteiger partial charge in [0.2, 0.25) is 0 Å². The number of halogens is 3. The van der Waals surface area contributed by atoms with Crippen LogP contribution in [0.3, 0.4) is 0 Å². The second-order valence-electron chi connectivity index (χ2n) is 6.38. The molecular weight excluding hydrogens is 415 g/mol. The van der Waals surface area contributed by atoms with Crippen molar-refractivity contribution in [2.75, 3.05) is 14.2 Å². The third kappa shape index (κ3) is 7.02. The number of amides is 1. The molecular formula is C21H22F3N3O4. The molecule has 0 aromatic heterocycles. The maximum atomic E-state index is 12.4. The van der Waals surface area contributed by atoms with Crippen molar-refractivity contribution >= 4 is 17.3 Å². The van der Waals surface area contributed by atoms with Crippen molar-refractivity contribution in [2.45, 2.75) is 26.8 Å². The Bertz CT molecular complexity index is 988. The Morgan fingerprint density at radius 1 is 1.13 bits per heavy atom. The topological polar surface area (TPSA) is 81.5 Å². The van der Waals surface area contributed by atoms with Crippen molar-refractivity contribution in [2.24, 2.45) is 10.3 Å². The smallest absolute Gasteiger partial charge is 0.406 e. The van der Waals surface area contributed by atoms with Gasteiger partial charge >= 0.3 is 6.36 Å². The van der Waals surface area contributed by atoms with Crippen LogP contribution in [0.2, 0.25) is 0 Å². The first kappa shape index (κ1) is 23.7. The minimum atomic E-state index is -4.77. The Morgan fingerprint density at radius 2 is 1.87 bits per heavy atom. The fourth-order valence-electron chi connectivity index (χ4n) is 2.61. The molecule has 0 heterocycles. The van der Waals surface area contributed by atoms with E-state index in [-0.39, 0.29) is 18.1 Å². The number of rotatable bonds is 8. The molecule has 0 aliphatic heterocycles. The lowest BCUT2D eigenvalue weighted by Gasteiger charge is -2.11. The zero-order chi connectivity index (χ0) is 23.0. The van der Waals surface area contributed by atoms with Gasteiger partial charge in [0.25, 0.3) is 5.91 Å². The Balaban J connectivity index is 2.15. The van der Waals surface area contributed by atoms with Crippen molar-refractivity contribution in [3.8, 4) is 5.75 Å². The van der Waals surface area contributed by atoms with Gasteiger partial charge in [0, 0.05) is 18.2 Å². The molecule has 0 aliphatic carbocycles. The number of alkyl halides is 3. The molecule has 0 radical (unpaired) electrons. The van der Waals surface area contributed by atoms with Crippen LogP contribution in [-0.4, -0.2) is 37.9 Å². The number of aryl methyl sites for hydroxylation is 1. The zero-order valence-corrected chi connectivity index (χ0v) is 17.4. The van der Waals surface area contributed by atoms with Crippen molar-refractivity contribution in [3.05, 3.63) is 64.7 Å². The van der Waals surface area contributed by atoms with E-state index in [4.69, 9.17) is 9.68 Å². The standard InChI is InChI=1S/C21H22F3N3O4/c1-13-8-9-15(10-18(13)19(27-29-4)20(28)25-3)12-30-26-14(2)16-6-5-7-17(11-16)31-21(22,23)24/h5-11H,12H2,1-4H3,(H,25,28)/b26-14-,27-19-. The van der Waals surface area contributed by atoms with E-state index in [0.29, 0.717) is 22.4 Å². The van der Waals surface area contributed by atoms with Crippen molar-refractivity contribution < 1.29 is 32.4 Å². The van der Waals surface area contributed by atoms with Gasteiger partial charge in [-0.2, -0.15) is 0 Å². The number of carbonyl (C=O) groups is 1. The zero-order valence-electron chi connectivity index (χ0n) is 17.4. The molecule has 0 spiro atoms. The number of likely N-dealkylation sites (N-methyl/N-ethyl adjacent to an activating group) is 1. The van der Waals surface area contributed by atoms with E-state index in [1.807, 2.05) is 6.92 Å². The SMILES string of the molecule is CNC(=O)/C(=N\OC)c1cc(CO/N=C(/C)c2cccc(OC(F)(F)F)c2)ccc1C. The number of nitrogens with zero attached hydrogens (tertiary/aromatic N) is 2. The summed E-state index contributed by atoms with van der Waals surface area (Å²) < 4.78 is 41.1. The summed E-state index contributed by atoms with van der Waals surface area (Å²) in [4.78, 5) is 22.2. The Hall–Kier alpha value is -3.56. The van der Waals surface area contributed by atoms with Gasteiger partial charge in [0.1, 0.15) is 19.5 Å². The number of oxime groups is 2. The number of carbonyl (C=O) groups excluding carboxylic acids is 1. The molecule has 1 N–H and O–H groups in total. The Morgan fingerprint density at radius 3 is 2.52 bits per heavy atom. The first-order valence-corrected chi connectivity index (χ1v) is 9.10. The highest BCUT2D eigenvalue weighted by atomic mass is 19.4. The Kier molecular flexibility index (Phi) is 8.00. The van der Waals surface area contributed by atoms with Gasteiger partial charge < -0.3 is 19.7 Å². The maximum absolute atomic E-state index is 12.4. The summed E-state index contributed by atoms with van der Waals surface area (Å²) in [5.41, 5.74) is 2.99. The molecule has 2 rings (SSSR count). The molecule has 0 bridgehead atoms. The van der Waals surface area contributed by atoms with Crippen molar-refractivity contribution in [1.29, 1.82) is 0 Å². The van der Waals surface area contributed by atoms with Crippen molar-refractivity contribution in [1.82, 2.24) is 5.32 Å². The molecule has 0 fully saturated rings. The molecule has 0 saturated heterocycles. The summed E-state index contributed by atoms with van der Waals surface area (Å²) >= 11 is 0. The summed E-state index contributed by atoms with van der Waals surface area (Å²) in [6.07, 6.45) is -4.77. The molecule has 31 heavy (non-hydrogen) atoms. The van der Waals surface area contributed by atoms with Gasteiger partial charge in [0.05, 0.1) is 5.71 Å². The molecule has 0 atom stereocenters. The van der Waals surface area contributed by atoms with Crippen LogP contribution in [0.15, 0.2) is 52.8 Å². The van der Waals surface area contributed by atoms with Crippen LogP contribution in [-0.2, 0) is 21.1 Å². The summed E-state index contributed by atoms with van der Waals surface area (Å²) in [5.74, 6) is -0.750. The van der Waals surface area contributed by atoms with E-state index >= 15 is 0 Å². The van der Waals surface area contributed by atoms with Crippen LogP contribution in [0.25, 0.3) is 0 Å². The van der Waals surface area contributed by atoms with Gasteiger partial charge in [-0.1, -0.05) is 34.6 Å². The van der Waals surface area contributed by atoms with E-state index in [1.54, 1.807) is 31.2 Å². The van der Waals surface area contributed by atoms with Crippen LogP contribution in [0.4, 0.5) is 13.2 Å². The number of nitrogens with one attached hydrogen (secondary N) is 1. The molecule has 10 heteroatoms. The lowest BCUT2D eigenvalue weighted by Crippen LogP contribution is -2.29. The van der Waals surface area contributed by atoms with Crippen LogP contribution in [0.1, 0.15) is 29.2 Å². The van der Waals surface area contributed by atoms with E-state index in [9.17, 15) is 18.0 Å². The normalized spacial score (nSPS) is 12.4. The van der Waals surface area contributed by atoms with Gasteiger partial charge in [0.15, 0.2) is 5.71 Å². The average Bonchev–Trinajstić information content (AvgIpc) is 2.71. The lowest BCUT2D eigenvalue weighted by molar-refractivity contribution is -0.274. The van der Waals surface area contributed by atoms with Gasteiger partial charge in [-0.25, -0.2) is 0 Å². The van der Waals surface area contributed by atoms with Crippen LogP contribution in [0, 0.1) is 6.92 Å². The summed E-state index contributed by atoms with van der Waals surface area (Å²) in [6, 6.07) is 10.8. The number of hydrogen-bond acceptors (Lipinski definition) is 6. The molecule has 166 valence electrons. The summed E-state index contributed by atoms with van der Waals surface area (Å²) in [7, 11) is 2.83. The first-order valence-electron chi connectivity index (χ1n) is 9.10. The highest BCUT2D eigenvalue weighted by Crippen LogP contribution is 2.23. The molecule has 1 amide bonds. The van der Waals surface area contributed by atoms with Crippen LogP contribution in [0.5, 0.6) is 5.75 Å². The highest BCUT2D eigenvalue weighted by molar-refractivity contribution is 6.45. The predicted octanol–water partition coefficient (Wildman–Crippen LogP) is 3.93. The Labute approximate surface area is 177 Å². The van der Waals surface area contributed by atoms with E-state index in [0.717, 1.165) is 5.56 Å². The maximum Gasteiger partial charge on any atom is 0.573 e. The second-order valence-corrected chi connectivity index (χ2v) is 6.38. The third-order valence-corrected chi connectivity index (χ3v) is 4.10. The molecule has 7 nitrogen and oxygen atoms in total. The summed E-state index contributed by atoms with van der Waals surface area (Å²) in [5, 5.41) is 10.3. The monoisotopic (exact) mass is 437 g/mol. The van der Waals surface area contributed by atoms with Gasteiger partial charge in [-0.05, 0) is 43.2 Å². The van der Waals surface area contributed by atoms with Gasteiger partial charge in [-0.15, -0.1) is 13.2 Å². The number of ether oxygens (including phenoxy) is 1. The van der Waals surface area contributed by atoms with Crippen LogP contribution >= 0.6 is 0 Å². The lowest BCUT2D eigenvalue weighted by atomic mass is 10.0. The van der Waals surface area contributed by atoms with Crippen molar-refractivity contribution in [3.63, 3.8) is 0 Å². The number of benzene rings is 2. The largest absolute Gasteiger partial charge is 0.573 e. The fourth-order valence-corrected chi connectivity index (χ4v) is 2.61. The second kappa shape index (κ2) is 10.5. The minimum absolute atomic E-state index is 0.0668. The quantitative estimate of drug-likeness (QED) is 0.501. The van der Waals surface area contributed by atoms with E-state index in [1.165, 1.54) is 32.4 Å². The van der Waals surface area contributed by atoms with E-state index < -0.39 is 12.3 Å². The third-order valence-electron chi connectivity index (χ3n) is 4.10. The first-order chi connectivity index (χ1) is 14.6. The molecule has 0 unspecified atom stereocenters. The van der Waals surface area contributed by atoms with Crippen LogP contribution < -0.4 is 10.1 Å². The number of hydrogen-bond donors (Lipinski definition) is 1. The molecule has 2 aromatic rings. The molecule has 0 saturated carbocycles. The predicted molar refractivity (Wildman–Crippen MR) is 109 cm³/mol. The molecule has 0 aliphatic rings. The summed E-state index contributed by atoms with van der Waals surface area (Å²) in [6.45, 7) is 3.49.